The van der Waals surface area contributed by atoms with Crippen LogP contribution in [0.1, 0.15) is 15.9 Å². The number of rotatable bonds is 4. The van der Waals surface area contributed by atoms with E-state index >= 15 is 0 Å². The first kappa shape index (κ1) is 15.2. The van der Waals surface area contributed by atoms with Crippen LogP contribution >= 0.6 is 31.9 Å². The Labute approximate surface area is 133 Å². The molecule has 0 bridgehead atoms. The summed E-state index contributed by atoms with van der Waals surface area (Å²) in [6, 6.07) is 9.73. The summed E-state index contributed by atoms with van der Waals surface area (Å²) in [7, 11) is 1.55. The molecule has 5 heteroatoms. The minimum Gasteiger partial charge on any atom is -0.496 e. The van der Waals surface area contributed by atoms with Crippen LogP contribution in [0, 0.1) is 5.82 Å². The van der Waals surface area contributed by atoms with Crippen molar-refractivity contribution in [2.75, 3.05) is 7.11 Å². The second-order valence-corrected chi connectivity index (χ2v) is 5.96. The lowest BCUT2D eigenvalue weighted by molar-refractivity contribution is 0.0991. The number of carbonyl (C=O) groups excluding carboxylic acids is 1. The Morgan fingerprint density at radius 1 is 1.20 bits per heavy atom. The van der Waals surface area contributed by atoms with Crippen LogP contribution in [0.5, 0.6) is 5.75 Å². The van der Waals surface area contributed by atoms with Crippen LogP contribution in [0.2, 0.25) is 0 Å². The van der Waals surface area contributed by atoms with E-state index in [2.05, 4.69) is 31.9 Å². The van der Waals surface area contributed by atoms with Gasteiger partial charge in [-0.05, 0) is 51.8 Å². The second-order valence-electron chi connectivity index (χ2n) is 4.19. The Morgan fingerprint density at radius 3 is 2.55 bits per heavy atom. The van der Waals surface area contributed by atoms with Crippen LogP contribution in [0.25, 0.3) is 0 Å². The molecule has 0 saturated carbocycles. The molecule has 20 heavy (non-hydrogen) atoms. The summed E-state index contributed by atoms with van der Waals surface area (Å²) < 4.78 is 20.2. The summed E-state index contributed by atoms with van der Waals surface area (Å²) in [5.74, 6) is 0.117. The highest BCUT2D eigenvalue weighted by molar-refractivity contribution is 9.10. The van der Waals surface area contributed by atoms with Gasteiger partial charge in [-0.15, -0.1) is 0 Å². The van der Waals surface area contributed by atoms with Gasteiger partial charge in [0.1, 0.15) is 11.6 Å². The maximum atomic E-state index is 13.7. The SMILES string of the molecule is COc1ccc(C(=O)Cc2ccc(Br)cc2F)cc1Br. The summed E-state index contributed by atoms with van der Waals surface area (Å²) in [6.07, 6.45) is 0.0257. The van der Waals surface area contributed by atoms with Crippen molar-refractivity contribution < 1.29 is 13.9 Å². The van der Waals surface area contributed by atoms with E-state index < -0.39 is 0 Å². The average Bonchev–Trinajstić information content (AvgIpc) is 2.41. The van der Waals surface area contributed by atoms with Crippen molar-refractivity contribution in [1.29, 1.82) is 0 Å². The molecule has 0 radical (unpaired) electrons. The molecule has 0 saturated heterocycles. The number of hydrogen-bond acceptors (Lipinski definition) is 2. The molecule has 0 unspecified atom stereocenters. The summed E-state index contributed by atoms with van der Waals surface area (Å²) in [5.41, 5.74) is 0.894. The molecule has 0 fully saturated rings. The topological polar surface area (TPSA) is 26.3 Å². The third-order valence-corrected chi connectivity index (χ3v) is 3.95. The van der Waals surface area contributed by atoms with Gasteiger partial charge in [-0.1, -0.05) is 22.0 Å². The molecule has 0 aromatic heterocycles. The number of carbonyl (C=O) groups is 1. The third kappa shape index (κ3) is 3.46. The highest BCUT2D eigenvalue weighted by atomic mass is 79.9. The average molecular weight is 402 g/mol. The van der Waals surface area contributed by atoms with Crippen molar-refractivity contribution in [1.82, 2.24) is 0 Å². The number of ketones is 1. The van der Waals surface area contributed by atoms with Gasteiger partial charge in [0.25, 0.3) is 0 Å². The number of halogens is 3. The lowest BCUT2D eigenvalue weighted by Crippen LogP contribution is -2.05. The number of methoxy groups -OCH3 is 1. The fourth-order valence-electron chi connectivity index (χ4n) is 1.78. The Balaban J connectivity index is 2.21. The zero-order valence-corrected chi connectivity index (χ0v) is 13.8. The van der Waals surface area contributed by atoms with Crippen molar-refractivity contribution in [2.24, 2.45) is 0 Å². The molecule has 0 aliphatic carbocycles. The van der Waals surface area contributed by atoms with Gasteiger partial charge in [0.15, 0.2) is 5.78 Å². The zero-order valence-electron chi connectivity index (χ0n) is 10.6. The lowest BCUT2D eigenvalue weighted by atomic mass is 10.0. The Hall–Kier alpha value is -1.20. The lowest BCUT2D eigenvalue weighted by Gasteiger charge is -2.07. The van der Waals surface area contributed by atoms with E-state index in [1.54, 1.807) is 37.4 Å². The molecule has 0 aliphatic rings. The summed E-state index contributed by atoms with van der Waals surface area (Å²) >= 11 is 6.52. The molecule has 0 N–H and O–H groups in total. The van der Waals surface area contributed by atoms with Crippen molar-refractivity contribution >= 4 is 37.6 Å². The first-order chi connectivity index (χ1) is 9.51. The molecule has 2 aromatic carbocycles. The monoisotopic (exact) mass is 400 g/mol. The van der Waals surface area contributed by atoms with E-state index in [9.17, 15) is 9.18 Å². The predicted octanol–water partition coefficient (Wildman–Crippen LogP) is 4.78. The molecular weight excluding hydrogens is 391 g/mol. The highest BCUT2D eigenvalue weighted by Crippen LogP contribution is 2.26. The maximum absolute atomic E-state index is 13.7. The van der Waals surface area contributed by atoms with Crippen LogP contribution in [-0.2, 0) is 6.42 Å². The van der Waals surface area contributed by atoms with Gasteiger partial charge in [-0.25, -0.2) is 4.39 Å². The molecule has 104 valence electrons. The molecular formula is C15H11Br2FO2. The fraction of sp³-hybridized carbons (Fsp3) is 0.133. The molecule has 0 spiro atoms. The first-order valence-corrected chi connectivity index (χ1v) is 7.40. The van der Waals surface area contributed by atoms with Gasteiger partial charge in [-0.2, -0.15) is 0 Å². The van der Waals surface area contributed by atoms with Crippen molar-refractivity contribution in [3.63, 3.8) is 0 Å². The Morgan fingerprint density at radius 2 is 1.95 bits per heavy atom. The van der Waals surface area contributed by atoms with Crippen LogP contribution in [0.4, 0.5) is 4.39 Å². The van der Waals surface area contributed by atoms with Gasteiger partial charge >= 0.3 is 0 Å². The highest BCUT2D eigenvalue weighted by Gasteiger charge is 2.12. The van der Waals surface area contributed by atoms with Gasteiger partial charge in [0, 0.05) is 16.5 Å². The quantitative estimate of drug-likeness (QED) is 0.688. The van der Waals surface area contributed by atoms with Crippen LogP contribution in [0.3, 0.4) is 0 Å². The van der Waals surface area contributed by atoms with Gasteiger partial charge in [0.05, 0.1) is 11.6 Å². The number of hydrogen-bond donors (Lipinski definition) is 0. The standard InChI is InChI=1S/C15H11Br2FO2/c1-20-15-5-3-10(6-12(15)17)14(19)7-9-2-4-11(16)8-13(9)18/h2-6,8H,7H2,1H3. The molecule has 0 aliphatic heterocycles. The molecule has 0 amide bonds. The van der Waals surface area contributed by atoms with Gasteiger partial charge in [0.2, 0.25) is 0 Å². The van der Waals surface area contributed by atoms with E-state index in [4.69, 9.17) is 4.74 Å². The van der Waals surface area contributed by atoms with Crippen molar-refractivity contribution in [3.05, 3.63) is 62.3 Å². The van der Waals surface area contributed by atoms with Crippen LogP contribution in [-0.4, -0.2) is 12.9 Å². The number of Topliss-reactive ketones (excluding diaryl/α,β-unsaturated/α-hetero) is 1. The molecule has 0 atom stereocenters. The molecule has 2 aromatic rings. The molecule has 2 rings (SSSR count). The Kier molecular flexibility index (Phi) is 4.94. The smallest absolute Gasteiger partial charge is 0.167 e. The van der Waals surface area contributed by atoms with E-state index in [1.807, 2.05) is 0 Å². The van der Waals surface area contributed by atoms with Gasteiger partial charge in [-0.3, -0.25) is 4.79 Å². The summed E-state index contributed by atoms with van der Waals surface area (Å²) in [4.78, 5) is 12.2. The van der Waals surface area contributed by atoms with E-state index in [1.165, 1.54) is 6.07 Å². The van der Waals surface area contributed by atoms with E-state index in [0.29, 0.717) is 25.8 Å². The minimum atomic E-state index is -0.389. The second kappa shape index (κ2) is 6.50. The maximum Gasteiger partial charge on any atom is 0.167 e. The predicted molar refractivity (Wildman–Crippen MR) is 82.8 cm³/mol. The fourth-order valence-corrected chi connectivity index (χ4v) is 2.65. The first-order valence-electron chi connectivity index (χ1n) is 5.82. The van der Waals surface area contributed by atoms with Crippen molar-refractivity contribution in [2.45, 2.75) is 6.42 Å². The van der Waals surface area contributed by atoms with Crippen molar-refractivity contribution in [3.8, 4) is 5.75 Å². The van der Waals surface area contributed by atoms with Crippen LogP contribution in [0.15, 0.2) is 45.3 Å². The number of benzene rings is 2. The van der Waals surface area contributed by atoms with E-state index in [0.717, 1.165) is 0 Å². The number of ether oxygens (including phenoxy) is 1. The normalized spacial score (nSPS) is 10.4. The Bertz CT molecular complexity index is 656. The zero-order chi connectivity index (χ0) is 14.7. The van der Waals surface area contributed by atoms with Crippen LogP contribution < -0.4 is 4.74 Å². The minimum absolute atomic E-state index is 0.0257. The third-order valence-electron chi connectivity index (χ3n) is 2.84. The molecule has 0 heterocycles. The largest absolute Gasteiger partial charge is 0.496 e. The summed E-state index contributed by atoms with van der Waals surface area (Å²) in [5, 5.41) is 0. The molecule has 2 nitrogen and oxygen atoms in total. The summed E-state index contributed by atoms with van der Waals surface area (Å²) in [6.45, 7) is 0. The van der Waals surface area contributed by atoms with Gasteiger partial charge < -0.3 is 4.74 Å². The van der Waals surface area contributed by atoms with E-state index in [-0.39, 0.29) is 18.0 Å².